The van der Waals surface area contributed by atoms with Gasteiger partial charge in [-0.05, 0) is 55.2 Å². The topological polar surface area (TPSA) is 75.4 Å². The Bertz CT molecular complexity index is 1110. The quantitative estimate of drug-likeness (QED) is 0.452. The van der Waals surface area contributed by atoms with Gasteiger partial charge >= 0.3 is 5.97 Å². The van der Waals surface area contributed by atoms with Gasteiger partial charge in [0.25, 0.3) is 0 Å². The zero-order valence-corrected chi connectivity index (χ0v) is 21.5. The van der Waals surface area contributed by atoms with Gasteiger partial charge in [0, 0.05) is 41.8 Å². The van der Waals surface area contributed by atoms with E-state index in [9.17, 15) is 14.7 Å². The third-order valence-corrected chi connectivity index (χ3v) is 9.00. The first-order chi connectivity index (χ1) is 17.0. The average molecular weight is 498 g/mol. The van der Waals surface area contributed by atoms with Crippen molar-refractivity contribution in [2.45, 2.75) is 83.7 Å². The summed E-state index contributed by atoms with van der Waals surface area (Å²) >= 11 is 6.53. The molecule has 35 heavy (non-hydrogen) atoms. The largest absolute Gasteiger partial charge is 0.478 e. The van der Waals surface area contributed by atoms with Crippen LogP contribution in [0.3, 0.4) is 0 Å². The number of hydrogen-bond acceptors (Lipinski definition) is 3. The molecule has 2 saturated carbocycles. The molecule has 1 aromatic carbocycles. The van der Waals surface area contributed by atoms with Gasteiger partial charge in [-0.15, -0.1) is 0 Å². The minimum atomic E-state index is -0.981. The number of rotatable bonds is 10. The summed E-state index contributed by atoms with van der Waals surface area (Å²) in [7, 11) is 0. The van der Waals surface area contributed by atoms with Crippen molar-refractivity contribution in [1.82, 2.24) is 14.5 Å². The van der Waals surface area contributed by atoms with Crippen molar-refractivity contribution in [3.8, 4) is 0 Å². The fourth-order valence-electron chi connectivity index (χ4n) is 6.95. The Kier molecular flexibility index (Phi) is 6.93. The maximum Gasteiger partial charge on any atom is 0.335 e. The van der Waals surface area contributed by atoms with E-state index in [2.05, 4.69) is 23.3 Å². The number of carboxylic acids is 1. The Morgan fingerprint density at radius 1 is 1.17 bits per heavy atom. The van der Waals surface area contributed by atoms with Crippen molar-refractivity contribution in [3.05, 3.63) is 52.1 Å². The van der Waals surface area contributed by atoms with E-state index in [0.29, 0.717) is 35.4 Å². The first kappa shape index (κ1) is 24.4. The van der Waals surface area contributed by atoms with Gasteiger partial charge in [0.05, 0.1) is 18.0 Å². The second-order valence-electron chi connectivity index (χ2n) is 10.6. The van der Waals surface area contributed by atoms with E-state index >= 15 is 0 Å². The molecule has 2 aromatic rings. The van der Waals surface area contributed by atoms with Crippen LogP contribution in [0.4, 0.5) is 0 Å². The highest BCUT2D eigenvalue weighted by Gasteiger charge is 2.65. The number of hydrogen-bond donors (Lipinski definition) is 1. The number of carbonyl (C=O) groups excluding carboxylic acids is 1. The summed E-state index contributed by atoms with van der Waals surface area (Å²) in [4.78, 5) is 32.0. The summed E-state index contributed by atoms with van der Waals surface area (Å²) in [6.45, 7) is 5.80. The normalized spacial score (nSPS) is 27.1. The molecule has 5 rings (SSSR count). The van der Waals surface area contributed by atoms with Crippen LogP contribution in [0.15, 0.2) is 24.4 Å². The van der Waals surface area contributed by atoms with Gasteiger partial charge in [-0.2, -0.15) is 0 Å². The lowest BCUT2D eigenvalue weighted by Crippen LogP contribution is -2.50. The predicted molar refractivity (Wildman–Crippen MR) is 136 cm³/mol. The number of carbonyl (C=O) groups is 2. The molecular formula is C28H36ClN3O3. The first-order valence-electron chi connectivity index (χ1n) is 13.3. The molecule has 1 saturated heterocycles. The fraction of sp³-hybridized carbons (Fsp3) is 0.607. The predicted octanol–water partition coefficient (Wildman–Crippen LogP) is 5.77. The number of amides is 1. The van der Waals surface area contributed by atoms with Crippen LogP contribution in [0.1, 0.15) is 92.2 Å². The maximum absolute atomic E-state index is 13.6. The summed E-state index contributed by atoms with van der Waals surface area (Å²) in [6.07, 6.45) is 10.7. The van der Waals surface area contributed by atoms with E-state index in [-0.39, 0.29) is 17.4 Å². The number of imidazole rings is 1. The van der Waals surface area contributed by atoms with Crippen molar-refractivity contribution >= 4 is 23.5 Å². The Hall–Kier alpha value is -2.34. The van der Waals surface area contributed by atoms with Crippen LogP contribution < -0.4 is 0 Å². The number of aromatic carboxylic acids is 1. The molecule has 3 fully saturated rings. The van der Waals surface area contributed by atoms with Gasteiger partial charge in [0.1, 0.15) is 5.82 Å². The number of carboxylic acid groups (broad SMARTS) is 1. The summed E-state index contributed by atoms with van der Waals surface area (Å²) in [5.74, 6) is 1.70. The van der Waals surface area contributed by atoms with E-state index in [1.807, 2.05) is 12.3 Å². The molecule has 2 aliphatic carbocycles. The molecule has 1 aliphatic heterocycles. The molecule has 0 spiro atoms. The fourth-order valence-corrected chi connectivity index (χ4v) is 7.19. The molecule has 2 heterocycles. The molecule has 5 unspecified atom stereocenters. The number of unbranched alkanes of at least 4 members (excludes halogenated alkanes) is 2. The number of benzene rings is 1. The molecule has 0 bridgehead atoms. The SMILES string of the molecule is CCCCc1ncc(C2C3CCCC4C3C2C(=O)N4CCCC)n1Cc1ccc(C(=O)O)cc1Cl. The lowest BCUT2D eigenvalue weighted by molar-refractivity contribution is -0.135. The second-order valence-corrected chi connectivity index (χ2v) is 11.0. The van der Waals surface area contributed by atoms with E-state index in [1.54, 1.807) is 6.07 Å². The molecule has 188 valence electrons. The molecule has 1 amide bonds. The van der Waals surface area contributed by atoms with Gasteiger partial charge in [-0.25, -0.2) is 9.78 Å². The van der Waals surface area contributed by atoms with Crippen LogP contribution in [-0.2, 0) is 17.8 Å². The van der Waals surface area contributed by atoms with Crippen molar-refractivity contribution in [2.24, 2.45) is 17.8 Å². The molecule has 6 nitrogen and oxygen atoms in total. The second kappa shape index (κ2) is 9.96. The molecule has 1 N–H and O–H groups in total. The highest BCUT2D eigenvalue weighted by molar-refractivity contribution is 6.31. The molecule has 3 aliphatic rings. The lowest BCUT2D eigenvalue weighted by atomic mass is 9.51. The number of halogens is 1. The Morgan fingerprint density at radius 3 is 2.69 bits per heavy atom. The molecule has 5 atom stereocenters. The lowest BCUT2D eigenvalue weighted by Gasteiger charge is -2.51. The minimum Gasteiger partial charge on any atom is -0.478 e. The van der Waals surface area contributed by atoms with E-state index in [0.717, 1.165) is 62.2 Å². The van der Waals surface area contributed by atoms with Gasteiger partial charge in [-0.1, -0.05) is 50.8 Å². The van der Waals surface area contributed by atoms with Crippen molar-refractivity contribution in [2.75, 3.05) is 6.54 Å². The van der Waals surface area contributed by atoms with Crippen molar-refractivity contribution in [3.63, 3.8) is 0 Å². The van der Waals surface area contributed by atoms with Crippen molar-refractivity contribution < 1.29 is 14.7 Å². The Labute approximate surface area is 212 Å². The van der Waals surface area contributed by atoms with Gasteiger partial charge < -0.3 is 14.6 Å². The van der Waals surface area contributed by atoms with Gasteiger partial charge in [0.2, 0.25) is 5.91 Å². The average Bonchev–Trinajstić information content (AvgIpc) is 3.33. The number of aryl methyl sites for hydroxylation is 1. The maximum atomic E-state index is 13.6. The summed E-state index contributed by atoms with van der Waals surface area (Å²) < 4.78 is 2.28. The molecule has 1 aromatic heterocycles. The van der Waals surface area contributed by atoms with Gasteiger partial charge in [-0.3, -0.25) is 4.79 Å². The molecule has 7 heteroatoms. The smallest absolute Gasteiger partial charge is 0.335 e. The van der Waals surface area contributed by atoms with E-state index in [1.165, 1.54) is 18.9 Å². The Morgan fingerprint density at radius 2 is 1.97 bits per heavy atom. The standard InChI is InChI=1S/C28H36ClN3O3/c1-3-5-10-23-30-15-22(32(23)16-18-12-11-17(28(34)35)14-20(18)29)25-19-8-7-9-21-24(19)26(25)27(33)31(21)13-6-4-2/h11-12,14-15,19,21,24-26H,3-10,13,16H2,1-2H3,(H,34,35). The third-order valence-electron chi connectivity index (χ3n) is 8.65. The van der Waals surface area contributed by atoms with Crippen LogP contribution in [-0.4, -0.2) is 44.0 Å². The Balaban J connectivity index is 1.48. The highest BCUT2D eigenvalue weighted by Crippen LogP contribution is 2.63. The minimum absolute atomic E-state index is 0.0708. The van der Waals surface area contributed by atoms with Crippen LogP contribution >= 0.6 is 11.6 Å². The first-order valence-corrected chi connectivity index (χ1v) is 13.7. The van der Waals surface area contributed by atoms with Crippen LogP contribution in [0.5, 0.6) is 0 Å². The number of likely N-dealkylation sites (tertiary alicyclic amines) is 1. The molecule has 0 radical (unpaired) electrons. The van der Waals surface area contributed by atoms with E-state index < -0.39 is 5.97 Å². The van der Waals surface area contributed by atoms with Crippen LogP contribution in [0, 0.1) is 17.8 Å². The zero-order valence-electron chi connectivity index (χ0n) is 20.8. The summed E-state index contributed by atoms with van der Waals surface area (Å²) in [6, 6.07) is 5.37. The summed E-state index contributed by atoms with van der Waals surface area (Å²) in [5.41, 5.74) is 2.23. The summed E-state index contributed by atoms with van der Waals surface area (Å²) in [5, 5.41) is 9.77. The van der Waals surface area contributed by atoms with Crippen molar-refractivity contribution in [1.29, 1.82) is 0 Å². The molecular weight excluding hydrogens is 462 g/mol. The van der Waals surface area contributed by atoms with Crippen LogP contribution in [0.25, 0.3) is 0 Å². The third kappa shape index (κ3) is 4.18. The zero-order chi connectivity index (χ0) is 24.7. The van der Waals surface area contributed by atoms with E-state index in [4.69, 9.17) is 16.6 Å². The van der Waals surface area contributed by atoms with Gasteiger partial charge in [0.15, 0.2) is 0 Å². The number of nitrogens with zero attached hydrogens (tertiary/aromatic N) is 3. The van der Waals surface area contributed by atoms with Crippen LogP contribution in [0.2, 0.25) is 5.02 Å². The monoisotopic (exact) mass is 497 g/mol. The number of aromatic nitrogens is 2. The highest BCUT2D eigenvalue weighted by atomic mass is 35.5.